The molecule has 0 amide bonds. The third kappa shape index (κ3) is 4.38. The van der Waals surface area contributed by atoms with Crippen molar-refractivity contribution in [3.63, 3.8) is 0 Å². The van der Waals surface area contributed by atoms with Crippen molar-refractivity contribution in [1.29, 1.82) is 0 Å². The molecule has 0 aliphatic heterocycles. The summed E-state index contributed by atoms with van der Waals surface area (Å²) in [5.41, 5.74) is 4.98. The molecule has 112 valence electrons. The first kappa shape index (κ1) is 16.7. The Balaban J connectivity index is 2.17. The van der Waals surface area contributed by atoms with Crippen LogP contribution in [0.2, 0.25) is 10.0 Å². The molecule has 0 saturated heterocycles. The Bertz CT molecular complexity index is 587. The van der Waals surface area contributed by atoms with Gasteiger partial charge in [0.1, 0.15) is 0 Å². The summed E-state index contributed by atoms with van der Waals surface area (Å²) >= 11 is 14.1. The summed E-state index contributed by atoms with van der Waals surface area (Å²) < 4.78 is 0. The van der Waals surface area contributed by atoms with E-state index in [1.807, 2.05) is 23.9 Å². The maximum absolute atomic E-state index is 6.24. The second kappa shape index (κ2) is 8.06. The number of halogens is 2. The molecule has 0 radical (unpaired) electrons. The number of benzene rings is 2. The minimum atomic E-state index is 0.00152. The largest absolute Gasteiger partial charge is 0.271 e. The molecule has 2 rings (SSSR count). The standard InChI is InChI=1S/C16H18Cl2N2S/c1-2-21-13-8-6-11(7-9-13)15(20-19)10-12-4-3-5-14(17)16(12)18/h3-9,15,20H,2,10,19H2,1H3. The highest BCUT2D eigenvalue weighted by atomic mass is 35.5. The molecule has 5 heteroatoms. The first-order valence-corrected chi connectivity index (χ1v) is 8.51. The summed E-state index contributed by atoms with van der Waals surface area (Å²) in [6.45, 7) is 2.14. The molecular formula is C16H18Cl2N2S. The van der Waals surface area contributed by atoms with Crippen LogP contribution in [-0.2, 0) is 6.42 Å². The normalized spacial score (nSPS) is 12.4. The molecule has 0 saturated carbocycles. The molecule has 0 aliphatic carbocycles. The fraction of sp³-hybridized carbons (Fsp3) is 0.250. The Morgan fingerprint density at radius 2 is 1.86 bits per heavy atom. The SMILES string of the molecule is CCSc1ccc(C(Cc2cccc(Cl)c2Cl)NN)cc1. The Morgan fingerprint density at radius 1 is 1.14 bits per heavy atom. The lowest BCUT2D eigenvalue weighted by Crippen LogP contribution is -2.29. The topological polar surface area (TPSA) is 38.0 Å². The van der Waals surface area contributed by atoms with E-state index in [4.69, 9.17) is 29.0 Å². The van der Waals surface area contributed by atoms with E-state index >= 15 is 0 Å². The van der Waals surface area contributed by atoms with E-state index in [0.717, 1.165) is 16.9 Å². The first-order valence-electron chi connectivity index (χ1n) is 6.77. The molecule has 0 aromatic heterocycles. The van der Waals surface area contributed by atoms with Gasteiger partial charge in [-0.1, -0.05) is 54.4 Å². The van der Waals surface area contributed by atoms with Crippen molar-refractivity contribution < 1.29 is 0 Å². The van der Waals surface area contributed by atoms with E-state index in [2.05, 4.69) is 36.6 Å². The van der Waals surface area contributed by atoms with Gasteiger partial charge < -0.3 is 0 Å². The minimum absolute atomic E-state index is 0.00152. The summed E-state index contributed by atoms with van der Waals surface area (Å²) in [7, 11) is 0. The number of rotatable bonds is 6. The highest BCUT2D eigenvalue weighted by molar-refractivity contribution is 7.99. The number of hydrazine groups is 1. The van der Waals surface area contributed by atoms with Gasteiger partial charge in [0, 0.05) is 4.90 Å². The molecular weight excluding hydrogens is 323 g/mol. The van der Waals surface area contributed by atoms with Crippen molar-refractivity contribution in [3.8, 4) is 0 Å². The second-order valence-corrected chi connectivity index (χ2v) is 6.76. The lowest BCUT2D eigenvalue weighted by Gasteiger charge is -2.18. The Morgan fingerprint density at radius 3 is 2.48 bits per heavy atom. The van der Waals surface area contributed by atoms with Gasteiger partial charge in [0.15, 0.2) is 0 Å². The van der Waals surface area contributed by atoms with Gasteiger partial charge in [-0.05, 0) is 41.5 Å². The first-order chi connectivity index (χ1) is 10.2. The van der Waals surface area contributed by atoms with Gasteiger partial charge >= 0.3 is 0 Å². The van der Waals surface area contributed by atoms with Crippen LogP contribution >= 0.6 is 35.0 Å². The van der Waals surface area contributed by atoms with Gasteiger partial charge in [0.2, 0.25) is 0 Å². The van der Waals surface area contributed by atoms with Gasteiger partial charge in [-0.25, -0.2) is 0 Å². The van der Waals surface area contributed by atoms with E-state index in [1.54, 1.807) is 6.07 Å². The summed E-state index contributed by atoms with van der Waals surface area (Å²) in [5, 5.41) is 1.16. The van der Waals surface area contributed by atoms with Crippen molar-refractivity contribution >= 4 is 35.0 Å². The highest BCUT2D eigenvalue weighted by Gasteiger charge is 2.13. The fourth-order valence-corrected chi connectivity index (χ4v) is 3.22. The Labute approximate surface area is 140 Å². The molecule has 0 aliphatic rings. The van der Waals surface area contributed by atoms with Crippen molar-refractivity contribution in [2.75, 3.05) is 5.75 Å². The lowest BCUT2D eigenvalue weighted by atomic mass is 9.99. The summed E-state index contributed by atoms with van der Waals surface area (Å²) in [4.78, 5) is 1.26. The van der Waals surface area contributed by atoms with Crippen LogP contribution in [0, 0.1) is 0 Å². The predicted octanol–water partition coefficient (Wildman–Crippen LogP) is 4.85. The molecule has 0 spiro atoms. The van der Waals surface area contributed by atoms with Crippen molar-refractivity contribution in [1.82, 2.24) is 5.43 Å². The zero-order valence-electron chi connectivity index (χ0n) is 11.8. The summed E-state index contributed by atoms with van der Waals surface area (Å²) in [6.07, 6.45) is 0.691. The summed E-state index contributed by atoms with van der Waals surface area (Å²) in [6, 6.07) is 14.1. The van der Waals surface area contributed by atoms with E-state index in [0.29, 0.717) is 16.5 Å². The van der Waals surface area contributed by atoms with Gasteiger partial charge in [-0.3, -0.25) is 11.3 Å². The molecule has 2 nitrogen and oxygen atoms in total. The van der Waals surface area contributed by atoms with E-state index in [-0.39, 0.29) is 6.04 Å². The van der Waals surface area contributed by atoms with Crippen LogP contribution in [-0.4, -0.2) is 5.75 Å². The maximum Gasteiger partial charge on any atom is 0.0624 e. The summed E-state index contributed by atoms with van der Waals surface area (Å²) in [5.74, 6) is 6.77. The molecule has 0 bridgehead atoms. The fourth-order valence-electron chi connectivity index (χ4n) is 2.16. The minimum Gasteiger partial charge on any atom is -0.271 e. The van der Waals surface area contributed by atoms with E-state index < -0.39 is 0 Å². The second-order valence-electron chi connectivity index (χ2n) is 4.64. The Hall–Kier alpha value is -0.710. The van der Waals surface area contributed by atoms with Gasteiger partial charge in [-0.15, -0.1) is 11.8 Å². The van der Waals surface area contributed by atoms with E-state index in [9.17, 15) is 0 Å². The van der Waals surface area contributed by atoms with Crippen LogP contribution in [0.4, 0.5) is 0 Å². The molecule has 0 fully saturated rings. The van der Waals surface area contributed by atoms with Gasteiger partial charge in [0.25, 0.3) is 0 Å². The van der Waals surface area contributed by atoms with Crippen LogP contribution in [0.1, 0.15) is 24.1 Å². The predicted molar refractivity (Wildman–Crippen MR) is 93.1 cm³/mol. The third-order valence-corrected chi connectivity index (χ3v) is 5.00. The van der Waals surface area contributed by atoms with E-state index in [1.165, 1.54) is 4.90 Å². The smallest absolute Gasteiger partial charge is 0.0624 e. The monoisotopic (exact) mass is 340 g/mol. The van der Waals surface area contributed by atoms with Crippen LogP contribution in [0.15, 0.2) is 47.4 Å². The van der Waals surface area contributed by atoms with Crippen LogP contribution < -0.4 is 11.3 Å². The molecule has 1 atom stereocenters. The average molecular weight is 341 g/mol. The number of nitrogens with one attached hydrogen (secondary N) is 1. The maximum atomic E-state index is 6.24. The zero-order chi connectivity index (χ0) is 15.2. The van der Waals surface area contributed by atoms with Crippen molar-refractivity contribution in [3.05, 3.63) is 63.6 Å². The van der Waals surface area contributed by atoms with Gasteiger partial charge in [-0.2, -0.15) is 0 Å². The average Bonchev–Trinajstić information content (AvgIpc) is 2.50. The van der Waals surface area contributed by atoms with Crippen molar-refractivity contribution in [2.45, 2.75) is 24.3 Å². The quantitative estimate of drug-likeness (QED) is 0.448. The number of hydrogen-bond acceptors (Lipinski definition) is 3. The number of thioether (sulfide) groups is 1. The van der Waals surface area contributed by atoms with Crippen molar-refractivity contribution in [2.24, 2.45) is 5.84 Å². The molecule has 3 N–H and O–H groups in total. The zero-order valence-corrected chi connectivity index (χ0v) is 14.1. The number of hydrogen-bond donors (Lipinski definition) is 2. The number of nitrogens with two attached hydrogens (primary N) is 1. The molecule has 2 aromatic rings. The molecule has 21 heavy (non-hydrogen) atoms. The molecule has 0 heterocycles. The lowest BCUT2D eigenvalue weighted by molar-refractivity contribution is 0.552. The Kier molecular flexibility index (Phi) is 6.40. The van der Waals surface area contributed by atoms with Gasteiger partial charge in [0.05, 0.1) is 16.1 Å². The van der Waals surface area contributed by atoms with Crippen LogP contribution in [0.5, 0.6) is 0 Å². The third-order valence-electron chi connectivity index (χ3n) is 3.25. The van der Waals surface area contributed by atoms with Crippen LogP contribution in [0.3, 0.4) is 0 Å². The van der Waals surface area contributed by atoms with Crippen LogP contribution in [0.25, 0.3) is 0 Å². The molecule has 2 aromatic carbocycles. The highest BCUT2D eigenvalue weighted by Crippen LogP contribution is 2.29. The molecule has 1 unspecified atom stereocenters.